The van der Waals surface area contributed by atoms with E-state index in [1.807, 2.05) is 0 Å². The van der Waals surface area contributed by atoms with Crippen LogP contribution in [0.4, 0.5) is 4.39 Å². The van der Waals surface area contributed by atoms with E-state index in [1.54, 1.807) is 24.6 Å². The van der Waals surface area contributed by atoms with Crippen LogP contribution >= 0.6 is 11.3 Å². The number of nitrogens with zero attached hydrogens (tertiary/aromatic N) is 3. The summed E-state index contributed by atoms with van der Waals surface area (Å²) in [6, 6.07) is 4.26. The second-order valence-corrected chi connectivity index (χ2v) is 5.75. The first kappa shape index (κ1) is 13.8. The zero-order valence-electron chi connectivity index (χ0n) is 11.8. The second kappa shape index (κ2) is 5.10. The van der Waals surface area contributed by atoms with E-state index in [4.69, 9.17) is 4.52 Å². The van der Waals surface area contributed by atoms with Gasteiger partial charge in [0.05, 0.1) is 5.56 Å². The Morgan fingerprint density at radius 3 is 3.00 bits per heavy atom. The van der Waals surface area contributed by atoms with Crippen LogP contribution in [0.25, 0.3) is 22.4 Å². The van der Waals surface area contributed by atoms with Crippen molar-refractivity contribution in [1.29, 1.82) is 0 Å². The number of hydrogen-bond acceptors (Lipinski definition) is 6. The quantitative estimate of drug-likeness (QED) is 0.583. The van der Waals surface area contributed by atoms with Crippen molar-refractivity contribution in [2.24, 2.45) is 0 Å². The van der Waals surface area contributed by atoms with Crippen molar-refractivity contribution in [1.82, 2.24) is 20.1 Å². The third-order valence-electron chi connectivity index (χ3n) is 3.34. The number of aromatic nitrogens is 4. The minimum absolute atomic E-state index is 0.279. The van der Waals surface area contributed by atoms with Crippen LogP contribution in [0.3, 0.4) is 0 Å². The SMILES string of the molecule is Cc1nc(-c2csc(C(=O)c3c[nH]c4ccc(F)cc34)n2)no1. The van der Waals surface area contributed by atoms with Gasteiger partial charge in [0.25, 0.3) is 0 Å². The molecule has 0 radical (unpaired) electrons. The number of aromatic amines is 1. The molecule has 0 saturated heterocycles. The highest BCUT2D eigenvalue weighted by molar-refractivity contribution is 7.12. The second-order valence-electron chi connectivity index (χ2n) is 4.90. The maximum absolute atomic E-state index is 13.4. The molecule has 3 aromatic heterocycles. The van der Waals surface area contributed by atoms with Crippen LogP contribution in [0.15, 0.2) is 34.3 Å². The lowest BCUT2D eigenvalue weighted by Crippen LogP contribution is -2.00. The molecule has 6 nitrogen and oxygen atoms in total. The molecule has 0 saturated carbocycles. The molecule has 0 amide bonds. The van der Waals surface area contributed by atoms with E-state index in [9.17, 15) is 9.18 Å². The molecule has 8 heteroatoms. The van der Waals surface area contributed by atoms with Crippen LogP contribution in [-0.4, -0.2) is 25.9 Å². The number of halogens is 1. The van der Waals surface area contributed by atoms with E-state index in [2.05, 4.69) is 20.1 Å². The Kier molecular flexibility index (Phi) is 3.05. The van der Waals surface area contributed by atoms with Gasteiger partial charge in [-0.2, -0.15) is 4.98 Å². The average molecular weight is 328 g/mol. The lowest BCUT2D eigenvalue weighted by Gasteiger charge is -1.95. The van der Waals surface area contributed by atoms with Crippen LogP contribution < -0.4 is 0 Å². The zero-order valence-corrected chi connectivity index (χ0v) is 12.6. The van der Waals surface area contributed by atoms with Crippen molar-refractivity contribution in [3.8, 4) is 11.5 Å². The molecule has 114 valence electrons. The van der Waals surface area contributed by atoms with Gasteiger partial charge in [0.2, 0.25) is 17.5 Å². The number of rotatable bonds is 3. The minimum Gasteiger partial charge on any atom is -0.360 e. The summed E-state index contributed by atoms with van der Waals surface area (Å²) in [5.41, 5.74) is 1.55. The maximum atomic E-state index is 13.4. The fraction of sp³-hybridized carbons (Fsp3) is 0.0667. The number of nitrogens with one attached hydrogen (secondary N) is 1. The summed E-state index contributed by atoms with van der Waals surface area (Å²) in [7, 11) is 0. The van der Waals surface area contributed by atoms with E-state index >= 15 is 0 Å². The molecule has 1 aromatic carbocycles. The van der Waals surface area contributed by atoms with Crippen LogP contribution in [0.1, 0.15) is 21.3 Å². The molecule has 0 atom stereocenters. The molecule has 0 aliphatic carbocycles. The number of carbonyl (C=O) groups excluding carboxylic acids is 1. The number of H-pyrrole nitrogens is 1. The molecule has 0 aliphatic rings. The van der Waals surface area contributed by atoms with Gasteiger partial charge < -0.3 is 9.51 Å². The van der Waals surface area contributed by atoms with Crippen LogP contribution in [0.2, 0.25) is 0 Å². The van der Waals surface area contributed by atoms with Gasteiger partial charge in [0.1, 0.15) is 11.5 Å². The Bertz CT molecular complexity index is 1030. The number of thiazole rings is 1. The molecule has 3 heterocycles. The van der Waals surface area contributed by atoms with Gasteiger partial charge in [-0.1, -0.05) is 5.16 Å². The van der Waals surface area contributed by atoms with E-state index in [1.165, 1.54) is 23.5 Å². The Labute approximate surface area is 133 Å². The van der Waals surface area contributed by atoms with Crippen molar-refractivity contribution in [2.75, 3.05) is 0 Å². The molecular formula is C15H9FN4O2S. The normalized spacial score (nSPS) is 11.2. The van der Waals surface area contributed by atoms with Gasteiger partial charge in [-0.15, -0.1) is 11.3 Å². The molecule has 0 spiro atoms. The Morgan fingerprint density at radius 1 is 1.35 bits per heavy atom. The molecule has 4 aromatic rings. The molecule has 1 N–H and O–H groups in total. The van der Waals surface area contributed by atoms with Crippen molar-refractivity contribution < 1.29 is 13.7 Å². The van der Waals surface area contributed by atoms with E-state index in [-0.39, 0.29) is 10.8 Å². The smallest absolute Gasteiger partial charge is 0.223 e. The summed E-state index contributed by atoms with van der Waals surface area (Å²) in [6.07, 6.45) is 1.56. The maximum Gasteiger partial charge on any atom is 0.223 e. The summed E-state index contributed by atoms with van der Waals surface area (Å²) in [5, 5.41) is 6.28. The minimum atomic E-state index is -0.395. The number of ketones is 1. The highest BCUT2D eigenvalue weighted by Crippen LogP contribution is 2.25. The number of carbonyl (C=O) groups is 1. The molecule has 0 bridgehead atoms. The molecule has 23 heavy (non-hydrogen) atoms. The zero-order chi connectivity index (χ0) is 16.0. The fourth-order valence-corrected chi connectivity index (χ4v) is 3.03. The predicted octanol–water partition coefficient (Wildman–Crippen LogP) is 3.35. The molecular weight excluding hydrogens is 319 g/mol. The molecule has 4 rings (SSSR count). The Hall–Kier alpha value is -2.87. The summed E-state index contributed by atoms with van der Waals surface area (Å²) >= 11 is 1.18. The summed E-state index contributed by atoms with van der Waals surface area (Å²) in [6.45, 7) is 1.68. The van der Waals surface area contributed by atoms with Gasteiger partial charge in [-0.3, -0.25) is 4.79 Å². The predicted molar refractivity (Wildman–Crippen MR) is 81.8 cm³/mol. The van der Waals surface area contributed by atoms with Crippen molar-refractivity contribution in [3.05, 3.63) is 52.1 Å². The first-order valence-electron chi connectivity index (χ1n) is 6.69. The highest BCUT2D eigenvalue weighted by Gasteiger charge is 2.19. The van der Waals surface area contributed by atoms with Gasteiger partial charge >= 0.3 is 0 Å². The summed E-state index contributed by atoms with van der Waals surface area (Å²) in [4.78, 5) is 23.9. The topological polar surface area (TPSA) is 84.7 Å². The van der Waals surface area contributed by atoms with Gasteiger partial charge in [-0.05, 0) is 18.2 Å². The first-order valence-corrected chi connectivity index (χ1v) is 7.57. The third-order valence-corrected chi connectivity index (χ3v) is 4.18. The largest absolute Gasteiger partial charge is 0.360 e. The van der Waals surface area contributed by atoms with Crippen molar-refractivity contribution in [3.63, 3.8) is 0 Å². The highest BCUT2D eigenvalue weighted by atomic mass is 32.1. The number of benzene rings is 1. The Morgan fingerprint density at radius 2 is 2.22 bits per heavy atom. The van der Waals surface area contributed by atoms with Crippen LogP contribution in [0.5, 0.6) is 0 Å². The average Bonchev–Trinajstić information content (AvgIpc) is 3.24. The third kappa shape index (κ3) is 2.33. The van der Waals surface area contributed by atoms with Crippen molar-refractivity contribution >= 4 is 28.0 Å². The molecule has 0 aliphatic heterocycles. The first-order chi connectivity index (χ1) is 11.1. The van der Waals surface area contributed by atoms with E-state index < -0.39 is 5.82 Å². The molecule has 0 fully saturated rings. The summed E-state index contributed by atoms with van der Waals surface area (Å²) in [5.74, 6) is 0.0855. The number of fused-ring (bicyclic) bond motifs is 1. The number of hydrogen-bond donors (Lipinski definition) is 1. The van der Waals surface area contributed by atoms with Crippen LogP contribution in [0, 0.1) is 12.7 Å². The van der Waals surface area contributed by atoms with Crippen molar-refractivity contribution in [2.45, 2.75) is 6.92 Å². The van der Waals surface area contributed by atoms with E-state index in [0.717, 1.165) is 0 Å². The van der Waals surface area contributed by atoms with E-state index in [0.29, 0.717) is 33.9 Å². The standard InChI is InChI=1S/C15H9FN4O2S/c1-7-18-14(20-22-7)12-6-23-15(19-12)13(21)10-5-17-11-3-2-8(16)4-9(10)11/h2-6,17H,1H3. The Balaban J connectivity index is 1.74. The van der Waals surface area contributed by atoms with Gasteiger partial charge in [0.15, 0.2) is 5.01 Å². The van der Waals surface area contributed by atoms with Crippen LogP contribution in [-0.2, 0) is 0 Å². The van der Waals surface area contributed by atoms with Gasteiger partial charge in [-0.25, -0.2) is 9.37 Å². The monoisotopic (exact) mass is 328 g/mol. The summed E-state index contributed by atoms with van der Waals surface area (Å²) < 4.78 is 18.3. The van der Waals surface area contributed by atoms with Gasteiger partial charge in [0, 0.05) is 29.4 Å². The lowest BCUT2D eigenvalue weighted by atomic mass is 10.1. The lowest BCUT2D eigenvalue weighted by molar-refractivity contribution is 0.104. The fourth-order valence-electron chi connectivity index (χ4n) is 2.28. The molecule has 0 unspecified atom stereocenters. The number of aryl methyl sites for hydroxylation is 1.